The van der Waals surface area contributed by atoms with Crippen LogP contribution < -0.4 is 5.32 Å². The first-order valence-electron chi connectivity index (χ1n) is 8.21. The summed E-state index contributed by atoms with van der Waals surface area (Å²) in [5.41, 5.74) is 0. The summed E-state index contributed by atoms with van der Waals surface area (Å²) >= 11 is 0. The normalized spacial score (nSPS) is 31.1. The number of rotatable bonds is 4. The predicted octanol–water partition coefficient (Wildman–Crippen LogP) is 1.72. The minimum absolute atomic E-state index is 0.115. The molecule has 1 amide bonds. The maximum absolute atomic E-state index is 12.2. The summed E-state index contributed by atoms with van der Waals surface area (Å²) < 4.78 is 0. The van der Waals surface area contributed by atoms with Crippen molar-refractivity contribution in [2.75, 3.05) is 19.6 Å². The Morgan fingerprint density at radius 2 is 1.81 bits per heavy atom. The van der Waals surface area contributed by atoms with E-state index in [1.807, 2.05) is 4.90 Å². The Labute approximate surface area is 127 Å². The van der Waals surface area contributed by atoms with Crippen LogP contribution in [0.1, 0.15) is 46.0 Å². The average Bonchev–Trinajstić information content (AvgIpc) is 2.46. The molecule has 0 aromatic rings. The molecule has 5 nitrogen and oxygen atoms in total. The van der Waals surface area contributed by atoms with Gasteiger partial charge in [0.05, 0.1) is 12.5 Å². The maximum Gasteiger partial charge on any atom is 0.306 e. The van der Waals surface area contributed by atoms with Crippen LogP contribution >= 0.6 is 0 Å². The molecule has 0 bridgehead atoms. The first-order chi connectivity index (χ1) is 9.97. The third-order valence-corrected chi connectivity index (χ3v) is 5.14. The Morgan fingerprint density at radius 3 is 2.38 bits per heavy atom. The fraction of sp³-hybridized carbons (Fsp3) is 0.875. The van der Waals surface area contributed by atoms with Crippen LogP contribution in [0.25, 0.3) is 0 Å². The maximum atomic E-state index is 12.2. The van der Waals surface area contributed by atoms with E-state index in [1.165, 1.54) is 12.8 Å². The van der Waals surface area contributed by atoms with Crippen molar-refractivity contribution in [1.29, 1.82) is 0 Å². The summed E-state index contributed by atoms with van der Waals surface area (Å²) in [6, 6.07) is 0.446. The van der Waals surface area contributed by atoms with Crippen LogP contribution in [0.2, 0.25) is 0 Å². The van der Waals surface area contributed by atoms with Gasteiger partial charge in [0.1, 0.15) is 0 Å². The molecule has 2 rings (SSSR count). The third-order valence-electron chi connectivity index (χ3n) is 5.14. The van der Waals surface area contributed by atoms with Gasteiger partial charge in [0, 0.05) is 19.1 Å². The standard InChI is InChI=1S/C16H28N2O3/c1-11-3-4-14(12(2)9-11)17-10-15(19)18-7-5-13(6-8-18)16(20)21/h11-14,17H,3-10H2,1-2H3,(H,20,21). The van der Waals surface area contributed by atoms with E-state index in [2.05, 4.69) is 19.2 Å². The first-order valence-corrected chi connectivity index (χ1v) is 8.21. The molecule has 1 aliphatic carbocycles. The topological polar surface area (TPSA) is 69.6 Å². The van der Waals surface area contributed by atoms with Gasteiger partial charge in [-0.05, 0) is 43.9 Å². The molecule has 2 fully saturated rings. The van der Waals surface area contributed by atoms with Gasteiger partial charge >= 0.3 is 5.97 Å². The molecule has 1 heterocycles. The predicted molar refractivity (Wildman–Crippen MR) is 80.9 cm³/mol. The van der Waals surface area contributed by atoms with Crippen LogP contribution in [-0.4, -0.2) is 47.6 Å². The van der Waals surface area contributed by atoms with Gasteiger partial charge in [0.15, 0.2) is 0 Å². The van der Waals surface area contributed by atoms with Gasteiger partial charge in [-0.2, -0.15) is 0 Å². The van der Waals surface area contributed by atoms with Gasteiger partial charge in [0.25, 0.3) is 0 Å². The van der Waals surface area contributed by atoms with Crippen LogP contribution in [0.15, 0.2) is 0 Å². The molecule has 3 atom stereocenters. The van der Waals surface area contributed by atoms with Gasteiger partial charge in [-0.25, -0.2) is 0 Å². The Hall–Kier alpha value is -1.10. The highest BCUT2D eigenvalue weighted by Crippen LogP contribution is 2.28. The molecule has 0 spiro atoms. The quantitative estimate of drug-likeness (QED) is 0.829. The minimum Gasteiger partial charge on any atom is -0.481 e. The van der Waals surface area contributed by atoms with Crippen molar-refractivity contribution in [3.8, 4) is 0 Å². The summed E-state index contributed by atoms with van der Waals surface area (Å²) in [6.45, 7) is 6.10. The van der Waals surface area contributed by atoms with Crippen molar-refractivity contribution in [3.63, 3.8) is 0 Å². The number of amides is 1. The largest absolute Gasteiger partial charge is 0.481 e. The molecule has 0 aromatic carbocycles. The van der Waals surface area contributed by atoms with E-state index in [1.54, 1.807) is 0 Å². The number of piperidine rings is 1. The highest BCUT2D eigenvalue weighted by molar-refractivity contribution is 5.79. The number of aliphatic carboxylic acids is 1. The van der Waals surface area contributed by atoms with Crippen LogP contribution in [-0.2, 0) is 9.59 Å². The van der Waals surface area contributed by atoms with Crippen molar-refractivity contribution < 1.29 is 14.7 Å². The summed E-state index contributed by atoms with van der Waals surface area (Å²) in [7, 11) is 0. The number of hydrogen-bond acceptors (Lipinski definition) is 3. The Kier molecular flexibility index (Phi) is 5.62. The van der Waals surface area contributed by atoms with Crippen LogP contribution in [0.3, 0.4) is 0 Å². The molecule has 2 N–H and O–H groups in total. The van der Waals surface area contributed by atoms with Crippen molar-refractivity contribution in [2.45, 2.75) is 52.0 Å². The molecule has 21 heavy (non-hydrogen) atoms. The number of nitrogens with one attached hydrogen (secondary N) is 1. The van der Waals surface area contributed by atoms with Gasteiger partial charge < -0.3 is 15.3 Å². The molecular formula is C16H28N2O3. The fourth-order valence-corrected chi connectivity index (χ4v) is 3.67. The van der Waals surface area contributed by atoms with Crippen LogP contribution in [0, 0.1) is 17.8 Å². The Morgan fingerprint density at radius 1 is 1.14 bits per heavy atom. The summed E-state index contributed by atoms with van der Waals surface area (Å²) in [5.74, 6) is 0.528. The minimum atomic E-state index is -0.731. The highest BCUT2D eigenvalue weighted by atomic mass is 16.4. The lowest BCUT2D eigenvalue weighted by atomic mass is 9.80. The number of carboxylic acid groups (broad SMARTS) is 1. The molecule has 0 radical (unpaired) electrons. The van der Waals surface area contributed by atoms with E-state index in [-0.39, 0.29) is 11.8 Å². The first kappa shape index (κ1) is 16.3. The zero-order valence-electron chi connectivity index (χ0n) is 13.2. The Balaban J connectivity index is 1.72. The fourth-order valence-electron chi connectivity index (χ4n) is 3.67. The molecule has 120 valence electrons. The number of carbonyl (C=O) groups excluding carboxylic acids is 1. The molecule has 1 saturated carbocycles. The van der Waals surface area contributed by atoms with Crippen molar-refractivity contribution in [1.82, 2.24) is 10.2 Å². The van der Waals surface area contributed by atoms with E-state index in [0.717, 1.165) is 12.3 Å². The Bertz CT molecular complexity index is 378. The van der Waals surface area contributed by atoms with Crippen molar-refractivity contribution >= 4 is 11.9 Å². The molecule has 0 aromatic heterocycles. The molecular weight excluding hydrogens is 268 g/mol. The van der Waals surface area contributed by atoms with Gasteiger partial charge in [-0.3, -0.25) is 9.59 Å². The molecule has 2 aliphatic rings. The molecule has 5 heteroatoms. The summed E-state index contributed by atoms with van der Waals surface area (Å²) in [5, 5.41) is 12.4. The summed E-state index contributed by atoms with van der Waals surface area (Å²) in [4.78, 5) is 24.9. The molecule has 1 saturated heterocycles. The van der Waals surface area contributed by atoms with E-state index in [4.69, 9.17) is 5.11 Å². The number of carbonyl (C=O) groups is 2. The van der Waals surface area contributed by atoms with Crippen molar-refractivity contribution in [2.24, 2.45) is 17.8 Å². The molecule has 3 unspecified atom stereocenters. The third kappa shape index (κ3) is 4.43. The zero-order valence-corrected chi connectivity index (χ0v) is 13.2. The lowest BCUT2D eigenvalue weighted by Gasteiger charge is -2.34. The van der Waals surface area contributed by atoms with Crippen molar-refractivity contribution in [3.05, 3.63) is 0 Å². The van der Waals surface area contributed by atoms with E-state index in [9.17, 15) is 9.59 Å². The number of carboxylic acids is 1. The monoisotopic (exact) mass is 296 g/mol. The summed E-state index contributed by atoms with van der Waals surface area (Å²) in [6.07, 6.45) is 4.78. The van der Waals surface area contributed by atoms with Gasteiger partial charge in [-0.1, -0.05) is 13.8 Å². The molecule has 1 aliphatic heterocycles. The second-order valence-electron chi connectivity index (χ2n) is 6.88. The van der Waals surface area contributed by atoms with Crippen LogP contribution in [0.5, 0.6) is 0 Å². The van der Waals surface area contributed by atoms with Crippen LogP contribution in [0.4, 0.5) is 0 Å². The van der Waals surface area contributed by atoms with E-state index in [0.29, 0.717) is 44.4 Å². The number of hydrogen-bond donors (Lipinski definition) is 2. The average molecular weight is 296 g/mol. The smallest absolute Gasteiger partial charge is 0.306 e. The zero-order chi connectivity index (χ0) is 15.4. The van der Waals surface area contributed by atoms with Gasteiger partial charge in [0.2, 0.25) is 5.91 Å². The van der Waals surface area contributed by atoms with Gasteiger partial charge in [-0.15, -0.1) is 0 Å². The lowest BCUT2D eigenvalue weighted by Crippen LogP contribution is -2.47. The second-order valence-corrected chi connectivity index (χ2v) is 6.88. The number of nitrogens with zero attached hydrogens (tertiary/aromatic N) is 1. The van der Waals surface area contributed by atoms with E-state index >= 15 is 0 Å². The lowest BCUT2D eigenvalue weighted by molar-refractivity contribution is -0.145. The second kappa shape index (κ2) is 7.25. The van der Waals surface area contributed by atoms with E-state index < -0.39 is 5.97 Å². The SMILES string of the molecule is CC1CCC(NCC(=O)N2CCC(C(=O)O)CC2)C(C)C1. The highest BCUT2D eigenvalue weighted by Gasteiger charge is 2.28. The number of likely N-dealkylation sites (tertiary alicyclic amines) is 1.